The molecule has 0 bridgehead atoms. The van der Waals surface area contributed by atoms with Crippen LogP contribution < -0.4 is 0 Å². The molecule has 0 unspecified atom stereocenters. The summed E-state index contributed by atoms with van der Waals surface area (Å²) in [4.78, 5) is 20.1. The van der Waals surface area contributed by atoms with Gasteiger partial charge >= 0.3 is 0 Å². The molecule has 0 saturated carbocycles. The van der Waals surface area contributed by atoms with Gasteiger partial charge in [-0.05, 0) is 0 Å². The van der Waals surface area contributed by atoms with Crippen LogP contribution in [0, 0.1) is 0 Å². The van der Waals surface area contributed by atoms with Crippen molar-refractivity contribution in [1.29, 1.82) is 0 Å². The molecular weight excluding hydrogens is 186 g/mol. The van der Waals surface area contributed by atoms with Crippen molar-refractivity contribution >= 4 is 17.1 Å². The molecule has 0 saturated heterocycles. The van der Waals surface area contributed by atoms with Crippen LogP contribution >= 0.6 is 11.3 Å². The van der Waals surface area contributed by atoms with Crippen LogP contribution in [0.2, 0.25) is 0 Å². The predicted octanol–water partition coefficient (Wildman–Crippen LogP) is 1.11. The highest BCUT2D eigenvalue weighted by atomic mass is 32.1. The molecule has 2 aromatic rings. The van der Waals surface area contributed by atoms with Gasteiger partial charge in [-0.3, -0.25) is 9.78 Å². The molecule has 0 atom stereocenters. The number of carbonyl (C=O) groups excluding carboxylic acids is 1. The number of ketones is 1. The Bertz CT molecular complexity index is 418. The summed E-state index contributed by atoms with van der Waals surface area (Å²) in [5.41, 5.74) is 2.23. The molecule has 2 rings (SSSR count). The fraction of sp³-hybridized carbons (Fsp3) is 0.125. The second-order valence-corrected chi connectivity index (χ2v) is 3.47. The van der Waals surface area contributed by atoms with Gasteiger partial charge in [0.2, 0.25) is 5.78 Å². The molecule has 2 aromatic heterocycles. The van der Waals surface area contributed by atoms with Crippen LogP contribution in [0.4, 0.5) is 0 Å². The van der Waals surface area contributed by atoms with Gasteiger partial charge in [-0.15, -0.1) is 11.3 Å². The third-order valence-electron chi connectivity index (χ3n) is 1.71. The summed E-state index contributed by atoms with van der Waals surface area (Å²) in [6.45, 7) is 0. The molecule has 0 aliphatic rings. The van der Waals surface area contributed by atoms with E-state index in [1.807, 2.05) is 0 Å². The summed E-state index contributed by atoms with van der Waals surface area (Å²) in [7, 11) is 1.79. The first kappa shape index (κ1) is 8.12. The fourth-order valence-electron chi connectivity index (χ4n) is 1.03. The van der Waals surface area contributed by atoms with Gasteiger partial charge in [-0.2, -0.15) is 0 Å². The Morgan fingerprint density at radius 2 is 2.31 bits per heavy atom. The zero-order valence-corrected chi connectivity index (χ0v) is 7.78. The van der Waals surface area contributed by atoms with Crippen LogP contribution in [0.5, 0.6) is 0 Å². The lowest BCUT2D eigenvalue weighted by atomic mass is 10.3. The summed E-state index contributed by atoms with van der Waals surface area (Å²) in [5, 5.41) is 0. The summed E-state index contributed by atoms with van der Waals surface area (Å²) < 4.78 is 1.70. The van der Waals surface area contributed by atoms with E-state index in [0.717, 1.165) is 0 Å². The predicted molar refractivity (Wildman–Crippen MR) is 48.8 cm³/mol. The number of rotatable bonds is 2. The summed E-state index contributed by atoms with van der Waals surface area (Å²) in [6.07, 6.45) is 4.73. The van der Waals surface area contributed by atoms with Gasteiger partial charge in [-0.25, -0.2) is 4.98 Å². The van der Waals surface area contributed by atoms with Crippen molar-refractivity contribution < 1.29 is 4.79 Å². The molecule has 0 N–H and O–H groups in total. The Balaban J connectivity index is 2.39. The summed E-state index contributed by atoms with van der Waals surface area (Å²) in [6, 6.07) is 0. The molecule has 4 nitrogen and oxygen atoms in total. The number of nitrogens with zero attached hydrogens (tertiary/aromatic N) is 3. The van der Waals surface area contributed by atoms with Crippen LogP contribution in [-0.4, -0.2) is 20.3 Å². The lowest BCUT2D eigenvalue weighted by molar-refractivity contribution is 0.103. The van der Waals surface area contributed by atoms with Crippen molar-refractivity contribution in [3.8, 4) is 0 Å². The highest BCUT2D eigenvalue weighted by molar-refractivity contribution is 7.11. The minimum atomic E-state index is -0.0255. The highest BCUT2D eigenvalue weighted by Gasteiger charge is 2.13. The lowest BCUT2D eigenvalue weighted by Gasteiger charge is -1.96. The third kappa shape index (κ3) is 1.38. The minimum absolute atomic E-state index is 0.0255. The number of imidazole rings is 1. The van der Waals surface area contributed by atoms with Crippen LogP contribution in [0.15, 0.2) is 24.2 Å². The normalized spacial score (nSPS) is 10.2. The van der Waals surface area contributed by atoms with E-state index in [4.69, 9.17) is 0 Å². The summed E-state index contributed by atoms with van der Waals surface area (Å²) in [5.74, 6) is -0.0255. The summed E-state index contributed by atoms with van der Waals surface area (Å²) >= 11 is 1.34. The molecule has 66 valence electrons. The van der Waals surface area contributed by atoms with Gasteiger partial charge in [0, 0.05) is 13.2 Å². The number of hydrogen-bond acceptors (Lipinski definition) is 4. The third-order valence-corrected chi connectivity index (χ3v) is 2.48. The molecule has 0 radical (unpaired) electrons. The number of thiazole rings is 1. The van der Waals surface area contributed by atoms with Crippen LogP contribution in [0.1, 0.15) is 15.4 Å². The lowest BCUT2D eigenvalue weighted by Crippen LogP contribution is -2.04. The van der Waals surface area contributed by atoms with Crippen molar-refractivity contribution in [3.63, 3.8) is 0 Å². The molecule has 0 spiro atoms. The maximum Gasteiger partial charge on any atom is 0.222 e. The first-order valence-electron chi connectivity index (χ1n) is 3.68. The second-order valence-electron chi connectivity index (χ2n) is 2.58. The number of aromatic nitrogens is 3. The smallest absolute Gasteiger partial charge is 0.222 e. The Labute approximate surface area is 78.9 Å². The maximum atomic E-state index is 11.7. The minimum Gasteiger partial charge on any atom is -0.331 e. The number of carbonyl (C=O) groups is 1. The zero-order valence-electron chi connectivity index (χ0n) is 6.97. The van der Waals surface area contributed by atoms with Gasteiger partial charge < -0.3 is 4.57 Å². The molecule has 0 aromatic carbocycles. The standard InChI is InChI=1S/C8H7N3OS/c1-11-4-9-2-6(11)8(12)7-3-10-5-13-7/h2-5H,1H3. The van der Waals surface area contributed by atoms with Crippen molar-refractivity contribution in [2.75, 3.05) is 0 Å². The Morgan fingerprint density at radius 3 is 2.85 bits per heavy atom. The Hall–Kier alpha value is -1.49. The quantitative estimate of drug-likeness (QED) is 0.671. The molecule has 0 aliphatic heterocycles. The first-order valence-corrected chi connectivity index (χ1v) is 4.56. The van der Waals surface area contributed by atoms with Crippen LogP contribution in [0.25, 0.3) is 0 Å². The van der Waals surface area contributed by atoms with E-state index >= 15 is 0 Å². The average molecular weight is 193 g/mol. The molecule has 0 fully saturated rings. The van der Waals surface area contributed by atoms with E-state index < -0.39 is 0 Å². The van der Waals surface area contributed by atoms with Crippen molar-refractivity contribution in [2.24, 2.45) is 7.05 Å². The van der Waals surface area contributed by atoms with Crippen molar-refractivity contribution in [2.45, 2.75) is 0 Å². The second kappa shape index (κ2) is 3.10. The molecule has 2 heterocycles. The SMILES string of the molecule is Cn1cncc1C(=O)c1cncs1. The number of aryl methyl sites for hydroxylation is 1. The van der Waals surface area contributed by atoms with E-state index in [0.29, 0.717) is 10.6 Å². The topological polar surface area (TPSA) is 47.8 Å². The Kier molecular flexibility index (Phi) is 1.94. The van der Waals surface area contributed by atoms with Crippen molar-refractivity contribution in [3.05, 3.63) is 34.8 Å². The molecule has 5 heteroatoms. The molecular formula is C8H7N3OS. The van der Waals surface area contributed by atoms with Gasteiger partial charge in [0.1, 0.15) is 5.69 Å². The average Bonchev–Trinajstić information content (AvgIpc) is 2.72. The van der Waals surface area contributed by atoms with E-state index in [-0.39, 0.29) is 5.78 Å². The van der Waals surface area contributed by atoms with E-state index in [9.17, 15) is 4.79 Å². The van der Waals surface area contributed by atoms with Gasteiger partial charge in [-0.1, -0.05) is 0 Å². The van der Waals surface area contributed by atoms with Crippen LogP contribution in [0.3, 0.4) is 0 Å². The monoisotopic (exact) mass is 193 g/mol. The van der Waals surface area contributed by atoms with E-state index in [1.54, 1.807) is 35.8 Å². The molecule has 0 amide bonds. The molecule has 0 aliphatic carbocycles. The Morgan fingerprint density at radius 1 is 1.46 bits per heavy atom. The first-order chi connectivity index (χ1) is 6.29. The number of hydrogen-bond donors (Lipinski definition) is 0. The van der Waals surface area contributed by atoms with Gasteiger partial charge in [0.15, 0.2) is 0 Å². The van der Waals surface area contributed by atoms with E-state index in [2.05, 4.69) is 9.97 Å². The molecule has 13 heavy (non-hydrogen) atoms. The zero-order chi connectivity index (χ0) is 9.26. The fourth-order valence-corrected chi connectivity index (χ4v) is 1.60. The largest absolute Gasteiger partial charge is 0.331 e. The van der Waals surface area contributed by atoms with Gasteiger partial charge in [0.25, 0.3) is 0 Å². The highest BCUT2D eigenvalue weighted by Crippen LogP contribution is 2.11. The maximum absolute atomic E-state index is 11.7. The van der Waals surface area contributed by atoms with E-state index in [1.165, 1.54) is 11.3 Å². The van der Waals surface area contributed by atoms with Crippen LogP contribution in [-0.2, 0) is 7.05 Å². The van der Waals surface area contributed by atoms with Crippen molar-refractivity contribution in [1.82, 2.24) is 14.5 Å². The van der Waals surface area contributed by atoms with Gasteiger partial charge in [0.05, 0.1) is 22.9 Å².